The standard InChI is InChI=1S/C12H16ClN5O/c1-3-19-8(2)7-18-12(15-16-17-18)10-6-9(14)4-5-11(10)13/h4-6,8H,3,7,14H2,1-2H3. The van der Waals surface area contributed by atoms with Crippen LogP contribution in [0.2, 0.25) is 5.02 Å². The molecule has 1 heterocycles. The fourth-order valence-electron chi connectivity index (χ4n) is 1.82. The molecule has 19 heavy (non-hydrogen) atoms. The van der Waals surface area contributed by atoms with E-state index in [1.807, 2.05) is 13.8 Å². The zero-order valence-corrected chi connectivity index (χ0v) is 11.6. The Morgan fingerprint density at radius 2 is 2.26 bits per heavy atom. The second-order valence-corrected chi connectivity index (χ2v) is 4.60. The number of nitrogens with zero attached hydrogens (tertiary/aromatic N) is 4. The number of rotatable bonds is 5. The molecule has 7 heteroatoms. The predicted molar refractivity (Wildman–Crippen MR) is 73.8 cm³/mol. The summed E-state index contributed by atoms with van der Waals surface area (Å²) in [7, 11) is 0. The first-order valence-electron chi connectivity index (χ1n) is 6.05. The summed E-state index contributed by atoms with van der Waals surface area (Å²) in [6.07, 6.45) is 0.0204. The highest BCUT2D eigenvalue weighted by molar-refractivity contribution is 6.33. The van der Waals surface area contributed by atoms with Crippen molar-refractivity contribution in [3.05, 3.63) is 23.2 Å². The Bertz CT molecular complexity index is 557. The molecule has 0 aliphatic heterocycles. The number of hydrogen-bond acceptors (Lipinski definition) is 5. The molecule has 2 N–H and O–H groups in total. The third-order valence-electron chi connectivity index (χ3n) is 2.64. The van der Waals surface area contributed by atoms with E-state index in [0.717, 1.165) is 5.56 Å². The summed E-state index contributed by atoms with van der Waals surface area (Å²) >= 11 is 6.16. The van der Waals surface area contributed by atoms with E-state index in [0.29, 0.717) is 29.7 Å². The largest absolute Gasteiger partial charge is 0.399 e. The van der Waals surface area contributed by atoms with Gasteiger partial charge in [-0.05, 0) is 42.5 Å². The number of nitrogens with two attached hydrogens (primary N) is 1. The summed E-state index contributed by atoms with van der Waals surface area (Å²) in [5, 5.41) is 12.2. The summed E-state index contributed by atoms with van der Waals surface area (Å²) in [4.78, 5) is 0. The lowest BCUT2D eigenvalue weighted by molar-refractivity contribution is 0.0614. The van der Waals surface area contributed by atoms with Crippen LogP contribution in [0, 0.1) is 0 Å². The van der Waals surface area contributed by atoms with Gasteiger partial charge in [-0.15, -0.1) is 5.10 Å². The molecule has 0 spiro atoms. The maximum Gasteiger partial charge on any atom is 0.183 e. The van der Waals surface area contributed by atoms with E-state index in [-0.39, 0.29) is 6.10 Å². The Hall–Kier alpha value is -1.66. The van der Waals surface area contributed by atoms with Crippen LogP contribution in [0.4, 0.5) is 5.69 Å². The number of anilines is 1. The van der Waals surface area contributed by atoms with Crippen LogP contribution in [0.25, 0.3) is 11.4 Å². The van der Waals surface area contributed by atoms with Crippen LogP contribution in [0.15, 0.2) is 18.2 Å². The van der Waals surface area contributed by atoms with Crippen molar-refractivity contribution in [3.8, 4) is 11.4 Å². The first kappa shape index (κ1) is 13.8. The zero-order chi connectivity index (χ0) is 13.8. The molecule has 1 atom stereocenters. The lowest BCUT2D eigenvalue weighted by Gasteiger charge is -2.12. The SMILES string of the molecule is CCOC(C)Cn1nnnc1-c1cc(N)ccc1Cl. The lowest BCUT2D eigenvalue weighted by Crippen LogP contribution is -2.18. The highest BCUT2D eigenvalue weighted by Crippen LogP contribution is 2.27. The second-order valence-electron chi connectivity index (χ2n) is 4.19. The molecule has 0 fully saturated rings. The molecular formula is C12H16ClN5O. The Morgan fingerprint density at radius 3 is 3.00 bits per heavy atom. The van der Waals surface area contributed by atoms with E-state index in [4.69, 9.17) is 22.1 Å². The molecule has 1 aromatic heterocycles. The average Bonchev–Trinajstić information content (AvgIpc) is 2.80. The Kier molecular flexibility index (Phi) is 4.34. The molecule has 2 aromatic rings. The summed E-state index contributed by atoms with van der Waals surface area (Å²) in [6.45, 7) is 5.13. The van der Waals surface area contributed by atoms with Crippen LogP contribution in [0.5, 0.6) is 0 Å². The number of nitrogen functional groups attached to an aromatic ring is 1. The molecule has 0 amide bonds. The summed E-state index contributed by atoms with van der Waals surface area (Å²) in [6, 6.07) is 5.23. The number of aromatic nitrogens is 4. The van der Waals surface area contributed by atoms with Crippen molar-refractivity contribution in [2.45, 2.75) is 26.5 Å². The predicted octanol–water partition coefficient (Wildman–Crippen LogP) is 2.00. The molecule has 0 aliphatic rings. The maximum absolute atomic E-state index is 6.16. The van der Waals surface area contributed by atoms with Gasteiger partial charge in [0, 0.05) is 17.9 Å². The topological polar surface area (TPSA) is 78.8 Å². The molecule has 0 saturated carbocycles. The van der Waals surface area contributed by atoms with Crippen LogP contribution in [0.1, 0.15) is 13.8 Å². The van der Waals surface area contributed by atoms with Crippen LogP contribution in [-0.2, 0) is 11.3 Å². The van der Waals surface area contributed by atoms with Gasteiger partial charge in [0.1, 0.15) is 0 Å². The number of hydrogen-bond donors (Lipinski definition) is 1. The molecule has 0 bridgehead atoms. The van der Waals surface area contributed by atoms with Gasteiger partial charge in [0.2, 0.25) is 0 Å². The van der Waals surface area contributed by atoms with Gasteiger partial charge in [0.15, 0.2) is 5.82 Å². The van der Waals surface area contributed by atoms with E-state index >= 15 is 0 Å². The van der Waals surface area contributed by atoms with Crippen molar-refractivity contribution in [2.24, 2.45) is 0 Å². The molecule has 2 rings (SSSR count). The third kappa shape index (κ3) is 3.21. The fourth-order valence-corrected chi connectivity index (χ4v) is 2.02. The molecular weight excluding hydrogens is 266 g/mol. The first-order chi connectivity index (χ1) is 9.11. The van der Waals surface area contributed by atoms with Crippen LogP contribution < -0.4 is 5.73 Å². The number of benzene rings is 1. The van der Waals surface area contributed by atoms with Crippen LogP contribution in [0.3, 0.4) is 0 Å². The smallest absolute Gasteiger partial charge is 0.183 e. The lowest BCUT2D eigenvalue weighted by atomic mass is 10.2. The number of ether oxygens (including phenoxy) is 1. The van der Waals surface area contributed by atoms with E-state index < -0.39 is 0 Å². The Balaban J connectivity index is 2.31. The van der Waals surface area contributed by atoms with Crippen molar-refractivity contribution in [1.82, 2.24) is 20.2 Å². The van der Waals surface area contributed by atoms with Gasteiger partial charge in [0.05, 0.1) is 17.7 Å². The normalized spacial score (nSPS) is 12.6. The summed E-state index contributed by atoms with van der Waals surface area (Å²) in [5.41, 5.74) is 7.11. The number of halogens is 1. The second kappa shape index (κ2) is 5.99. The van der Waals surface area contributed by atoms with E-state index in [2.05, 4.69) is 15.5 Å². The van der Waals surface area contributed by atoms with Gasteiger partial charge in [0.25, 0.3) is 0 Å². The highest BCUT2D eigenvalue weighted by Gasteiger charge is 2.14. The minimum absolute atomic E-state index is 0.0204. The molecule has 0 saturated heterocycles. The minimum Gasteiger partial charge on any atom is -0.399 e. The fraction of sp³-hybridized carbons (Fsp3) is 0.417. The highest BCUT2D eigenvalue weighted by atomic mass is 35.5. The van der Waals surface area contributed by atoms with E-state index in [1.54, 1.807) is 22.9 Å². The molecule has 1 aromatic carbocycles. The monoisotopic (exact) mass is 281 g/mol. The average molecular weight is 282 g/mol. The van der Waals surface area contributed by atoms with E-state index in [9.17, 15) is 0 Å². The number of tetrazole rings is 1. The molecule has 0 aliphatic carbocycles. The van der Waals surface area contributed by atoms with Crippen LogP contribution in [-0.4, -0.2) is 32.9 Å². The van der Waals surface area contributed by atoms with Crippen molar-refractivity contribution >= 4 is 17.3 Å². The van der Waals surface area contributed by atoms with Crippen LogP contribution >= 0.6 is 11.6 Å². The molecule has 102 valence electrons. The van der Waals surface area contributed by atoms with Crippen molar-refractivity contribution in [3.63, 3.8) is 0 Å². The van der Waals surface area contributed by atoms with E-state index in [1.165, 1.54) is 0 Å². The molecule has 1 unspecified atom stereocenters. The van der Waals surface area contributed by atoms with Gasteiger partial charge >= 0.3 is 0 Å². The van der Waals surface area contributed by atoms with Gasteiger partial charge in [-0.3, -0.25) is 0 Å². The Morgan fingerprint density at radius 1 is 1.47 bits per heavy atom. The Labute approximate surface area is 116 Å². The minimum atomic E-state index is 0.0204. The zero-order valence-electron chi connectivity index (χ0n) is 10.9. The van der Waals surface area contributed by atoms with Crippen molar-refractivity contribution in [2.75, 3.05) is 12.3 Å². The van der Waals surface area contributed by atoms with Crippen molar-refractivity contribution < 1.29 is 4.74 Å². The first-order valence-corrected chi connectivity index (χ1v) is 6.42. The quantitative estimate of drug-likeness (QED) is 0.848. The molecule has 6 nitrogen and oxygen atoms in total. The van der Waals surface area contributed by atoms with Gasteiger partial charge in [-0.1, -0.05) is 11.6 Å². The van der Waals surface area contributed by atoms with Gasteiger partial charge < -0.3 is 10.5 Å². The van der Waals surface area contributed by atoms with Crippen molar-refractivity contribution in [1.29, 1.82) is 0 Å². The van der Waals surface area contributed by atoms with Gasteiger partial charge in [-0.2, -0.15) is 0 Å². The maximum atomic E-state index is 6.16. The third-order valence-corrected chi connectivity index (χ3v) is 2.97. The summed E-state index contributed by atoms with van der Waals surface area (Å²) < 4.78 is 7.15. The summed E-state index contributed by atoms with van der Waals surface area (Å²) in [5.74, 6) is 0.587. The van der Waals surface area contributed by atoms with Gasteiger partial charge in [-0.25, -0.2) is 4.68 Å². The molecule has 0 radical (unpaired) electrons.